The molecule has 0 aliphatic carbocycles. The second-order valence-corrected chi connectivity index (χ2v) is 4.88. The topological polar surface area (TPSA) is 67.2 Å². The van der Waals surface area contributed by atoms with E-state index < -0.39 is 0 Å². The Kier molecular flexibility index (Phi) is 4.15. The molecule has 104 valence electrons. The predicted molar refractivity (Wildman–Crippen MR) is 83.7 cm³/mol. The highest BCUT2D eigenvalue weighted by atomic mass is 35.5. The second-order valence-electron chi connectivity index (χ2n) is 4.47. The number of nitrogens with two attached hydrogens (primary N) is 1. The zero-order chi connectivity index (χ0) is 14.7. The lowest BCUT2D eigenvalue weighted by atomic mass is 10.1. The molecule has 5 heteroatoms. The molecule has 0 saturated heterocycles. The van der Waals surface area contributed by atoms with E-state index >= 15 is 0 Å². The smallest absolute Gasteiger partial charge is 0.253 e. The SMILES string of the molecule is CNC(=O)c1ccc(N)cc1Nc1ccc(C)c(Cl)c1. The van der Waals surface area contributed by atoms with E-state index in [0.717, 1.165) is 11.3 Å². The number of amides is 1. The minimum absolute atomic E-state index is 0.175. The molecule has 0 saturated carbocycles. The van der Waals surface area contributed by atoms with E-state index in [-0.39, 0.29) is 5.91 Å². The summed E-state index contributed by atoms with van der Waals surface area (Å²) >= 11 is 6.10. The Hall–Kier alpha value is -2.20. The van der Waals surface area contributed by atoms with Gasteiger partial charge in [0.1, 0.15) is 0 Å². The molecule has 2 rings (SSSR count). The van der Waals surface area contributed by atoms with Crippen LogP contribution in [-0.2, 0) is 0 Å². The van der Waals surface area contributed by atoms with Gasteiger partial charge in [-0.3, -0.25) is 4.79 Å². The van der Waals surface area contributed by atoms with Crippen molar-refractivity contribution in [3.05, 3.63) is 52.5 Å². The Morgan fingerprint density at radius 2 is 1.95 bits per heavy atom. The van der Waals surface area contributed by atoms with Crippen LogP contribution in [0.15, 0.2) is 36.4 Å². The Morgan fingerprint density at radius 1 is 1.20 bits per heavy atom. The highest BCUT2D eigenvalue weighted by molar-refractivity contribution is 6.31. The van der Waals surface area contributed by atoms with Gasteiger partial charge in [-0.25, -0.2) is 0 Å². The molecule has 0 aliphatic rings. The van der Waals surface area contributed by atoms with Crippen molar-refractivity contribution in [2.75, 3.05) is 18.1 Å². The van der Waals surface area contributed by atoms with Crippen LogP contribution < -0.4 is 16.4 Å². The van der Waals surface area contributed by atoms with E-state index in [1.54, 1.807) is 25.2 Å². The first-order chi connectivity index (χ1) is 9.51. The third-order valence-electron chi connectivity index (χ3n) is 2.97. The molecule has 0 unspecified atom stereocenters. The first kappa shape index (κ1) is 14.2. The van der Waals surface area contributed by atoms with Gasteiger partial charge >= 0.3 is 0 Å². The fraction of sp³-hybridized carbons (Fsp3) is 0.133. The lowest BCUT2D eigenvalue weighted by Gasteiger charge is -2.13. The summed E-state index contributed by atoms with van der Waals surface area (Å²) in [5, 5.41) is 6.44. The van der Waals surface area contributed by atoms with E-state index in [0.29, 0.717) is 22.0 Å². The molecule has 0 aliphatic heterocycles. The van der Waals surface area contributed by atoms with Crippen LogP contribution in [0.2, 0.25) is 5.02 Å². The molecule has 0 fully saturated rings. The van der Waals surface area contributed by atoms with Crippen molar-refractivity contribution in [2.45, 2.75) is 6.92 Å². The molecule has 0 heterocycles. The quantitative estimate of drug-likeness (QED) is 0.759. The highest BCUT2D eigenvalue weighted by Gasteiger charge is 2.10. The summed E-state index contributed by atoms with van der Waals surface area (Å²) in [4.78, 5) is 11.8. The molecule has 0 bridgehead atoms. The van der Waals surface area contributed by atoms with Gasteiger partial charge in [0.2, 0.25) is 0 Å². The van der Waals surface area contributed by atoms with Gasteiger partial charge in [0.25, 0.3) is 5.91 Å². The number of carbonyl (C=O) groups is 1. The van der Waals surface area contributed by atoms with Crippen LogP contribution in [0, 0.1) is 6.92 Å². The first-order valence-electron chi connectivity index (χ1n) is 6.16. The molecule has 20 heavy (non-hydrogen) atoms. The Balaban J connectivity index is 2.38. The number of carbonyl (C=O) groups excluding carboxylic acids is 1. The van der Waals surface area contributed by atoms with Gasteiger partial charge in [-0.2, -0.15) is 0 Å². The summed E-state index contributed by atoms with van der Waals surface area (Å²) in [6.45, 7) is 1.93. The van der Waals surface area contributed by atoms with Gasteiger partial charge in [0.05, 0.1) is 11.3 Å². The van der Waals surface area contributed by atoms with Crippen molar-refractivity contribution < 1.29 is 4.79 Å². The lowest BCUT2D eigenvalue weighted by molar-refractivity contribution is 0.0964. The third kappa shape index (κ3) is 3.03. The van der Waals surface area contributed by atoms with Crippen LogP contribution in [0.4, 0.5) is 17.1 Å². The van der Waals surface area contributed by atoms with E-state index in [4.69, 9.17) is 17.3 Å². The minimum atomic E-state index is -0.175. The van der Waals surface area contributed by atoms with Gasteiger partial charge in [-0.05, 0) is 42.8 Å². The Bertz CT molecular complexity index is 656. The largest absolute Gasteiger partial charge is 0.399 e. The monoisotopic (exact) mass is 289 g/mol. The van der Waals surface area contributed by atoms with Gasteiger partial charge in [0, 0.05) is 23.4 Å². The summed E-state index contributed by atoms with van der Waals surface area (Å²) < 4.78 is 0. The average molecular weight is 290 g/mol. The molecule has 0 atom stereocenters. The number of rotatable bonds is 3. The first-order valence-corrected chi connectivity index (χ1v) is 6.54. The number of benzene rings is 2. The Morgan fingerprint density at radius 3 is 2.60 bits per heavy atom. The maximum Gasteiger partial charge on any atom is 0.253 e. The number of anilines is 3. The normalized spacial score (nSPS) is 10.2. The van der Waals surface area contributed by atoms with Gasteiger partial charge < -0.3 is 16.4 Å². The van der Waals surface area contributed by atoms with E-state index in [1.807, 2.05) is 25.1 Å². The number of hydrogen-bond acceptors (Lipinski definition) is 3. The predicted octanol–water partition coefficient (Wildman–Crippen LogP) is 3.33. The van der Waals surface area contributed by atoms with Crippen molar-refractivity contribution in [2.24, 2.45) is 0 Å². The van der Waals surface area contributed by atoms with Crippen molar-refractivity contribution in [1.29, 1.82) is 0 Å². The number of halogens is 1. The summed E-state index contributed by atoms with van der Waals surface area (Å²) in [6.07, 6.45) is 0. The van der Waals surface area contributed by atoms with Crippen molar-refractivity contribution >= 4 is 34.6 Å². The summed E-state index contributed by atoms with van der Waals surface area (Å²) in [5.41, 5.74) is 9.33. The van der Waals surface area contributed by atoms with Crippen LogP contribution in [0.25, 0.3) is 0 Å². The fourth-order valence-corrected chi connectivity index (χ4v) is 2.00. The number of nitrogens with one attached hydrogen (secondary N) is 2. The molecule has 2 aromatic rings. The zero-order valence-corrected chi connectivity index (χ0v) is 12.1. The maximum absolute atomic E-state index is 11.8. The lowest BCUT2D eigenvalue weighted by Crippen LogP contribution is -2.19. The van der Waals surface area contributed by atoms with E-state index in [1.165, 1.54) is 0 Å². The fourth-order valence-electron chi connectivity index (χ4n) is 1.82. The molecule has 0 spiro atoms. The average Bonchev–Trinajstić information content (AvgIpc) is 2.42. The highest BCUT2D eigenvalue weighted by Crippen LogP contribution is 2.26. The van der Waals surface area contributed by atoms with Gasteiger partial charge in [-0.15, -0.1) is 0 Å². The third-order valence-corrected chi connectivity index (χ3v) is 3.37. The van der Waals surface area contributed by atoms with Crippen molar-refractivity contribution in [3.8, 4) is 0 Å². The second kappa shape index (κ2) is 5.84. The number of hydrogen-bond donors (Lipinski definition) is 3. The molecule has 4 nitrogen and oxygen atoms in total. The van der Waals surface area contributed by atoms with Crippen LogP contribution in [0.1, 0.15) is 15.9 Å². The van der Waals surface area contributed by atoms with Crippen molar-refractivity contribution in [3.63, 3.8) is 0 Å². The molecule has 4 N–H and O–H groups in total. The van der Waals surface area contributed by atoms with Crippen molar-refractivity contribution in [1.82, 2.24) is 5.32 Å². The van der Waals surface area contributed by atoms with Gasteiger partial charge in [0.15, 0.2) is 0 Å². The molecular formula is C15H16ClN3O. The van der Waals surface area contributed by atoms with Crippen LogP contribution in [-0.4, -0.2) is 13.0 Å². The van der Waals surface area contributed by atoms with Gasteiger partial charge in [-0.1, -0.05) is 17.7 Å². The number of aryl methyl sites for hydroxylation is 1. The molecular weight excluding hydrogens is 274 g/mol. The molecule has 0 radical (unpaired) electrons. The summed E-state index contributed by atoms with van der Waals surface area (Å²) in [5.74, 6) is -0.175. The van der Waals surface area contributed by atoms with Crippen LogP contribution in [0.3, 0.4) is 0 Å². The molecule has 1 amide bonds. The summed E-state index contributed by atoms with van der Waals surface area (Å²) in [7, 11) is 1.59. The van der Waals surface area contributed by atoms with Crippen LogP contribution >= 0.6 is 11.6 Å². The zero-order valence-electron chi connectivity index (χ0n) is 11.3. The minimum Gasteiger partial charge on any atom is -0.399 e. The summed E-state index contributed by atoms with van der Waals surface area (Å²) in [6, 6.07) is 10.7. The van der Waals surface area contributed by atoms with E-state index in [9.17, 15) is 4.79 Å². The maximum atomic E-state index is 11.8. The molecule has 2 aromatic carbocycles. The molecule has 0 aromatic heterocycles. The van der Waals surface area contributed by atoms with E-state index in [2.05, 4.69) is 10.6 Å². The standard InChI is InChI=1S/C15H16ClN3O/c1-9-3-5-11(8-13(9)16)19-14-7-10(17)4-6-12(14)15(20)18-2/h3-8,19H,17H2,1-2H3,(H,18,20). The number of nitrogen functional groups attached to an aromatic ring is 1. The Labute approximate surface area is 122 Å². The van der Waals surface area contributed by atoms with Crippen LogP contribution in [0.5, 0.6) is 0 Å².